The maximum atomic E-state index is 12.6. The summed E-state index contributed by atoms with van der Waals surface area (Å²) in [5.74, 6) is 0. The number of anilines is 4. The molecule has 0 amide bonds. The average molecular weight is 1090 g/mol. The van der Waals surface area contributed by atoms with Gasteiger partial charge in [-0.15, -0.1) is 0 Å². The van der Waals surface area contributed by atoms with Crippen LogP contribution < -0.4 is 31.1 Å². The second kappa shape index (κ2) is 23.4. The molecule has 9 heterocycles. The number of aliphatic hydroxyl groups excluding tert-OH is 1. The number of hydrogen-bond donors (Lipinski definition) is 4. The Bertz CT molecular complexity index is 3120. The zero-order valence-corrected chi connectivity index (χ0v) is 45.1. The molecule has 4 aromatic carbocycles. The lowest BCUT2D eigenvalue weighted by molar-refractivity contribution is 0.0335. The summed E-state index contributed by atoms with van der Waals surface area (Å²) in [4.78, 5) is 52.9. The van der Waals surface area contributed by atoms with Crippen LogP contribution in [0.25, 0.3) is 22.5 Å². The van der Waals surface area contributed by atoms with Crippen LogP contribution in [0.5, 0.6) is 0 Å². The number of aliphatic hydroxyl groups is 1. The third-order valence-corrected chi connectivity index (χ3v) is 19.7. The van der Waals surface area contributed by atoms with Crippen LogP contribution in [-0.4, -0.2) is 168 Å². The van der Waals surface area contributed by atoms with Crippen molar-refractivity contribution >= 4 is 69.8 Å². The zero-order valence-electron chi connectivity index (χ0n) is 41.8. The van der Waals surface area contributed by atoms with Crippen molar-refractivity contribution in [1.82, 2.24) is 19.8 Å². The first kappa shape index (κ1) is 50.9. The molecule has 0 aliphatic carbocycles. The minimum atomic E-state index is -0.0957. The van der Waals surface area contributed by atoms with E-state index in [1.807, 2.05) is 11.8 Å². The molecule has 7 aliphatic heterocycles. The van der Waals surface area contributed by atoms with Gasteiger partial charge in [0.2, 0.25) is 11.1 Å². The molecule has 0 saturated carbocycles. The van der Waals surface area contributed by atoms with Crippen molar-refractivity contribution in [1.29, 1.82) is 0 Å². The fourth-order valence-corrected chi connectivity index (χ4v) is 15.3. The number of nitrogens with one attached hydrogen (secondary N) is 3. The van der Waals surface area contributed by atoms with Crippen LogP contribution >= 0.6 is 47.0 Å². The normalized spacial score (nSPS) is 20.0. The predicted octanol–water partition coefficient (Wildman–Crippen LogP) is 7.61. The van der Waals surface area contributed by atoms with Crippen molar-refractivity contribution in [3.8, 4) is 22.5 Å². The van der Waals surface area contributed by atoms with Crippen LogP contribution in [0, 0.1) is 0 Å². The molecule has 7 aliphatic rings. The van der Waals surface area contributed by atoms with Gasteiger partial charge in [0.1, 0.15) is 0 Å². The van der Waals surface area contributed by atoms with Gasteiger partial charge in [-0.25, -0.2) is 0 Å². The number of aromatic amines is 2. The summed E-state index contributed by atoms with van der Waals surface area (Å²) in [6, 6.07) is 34.1. The quantitative estimate of drug-likeness (QED) is 0.0888. The predicted molar refractivity (Wildman–Crippen MR) is 301 cm³/mol. The number of H-pyrrole nitrogens is 2. The van der Waals surface area contributed by atoms with Gasteiger partial charge in [-0.3, -0.25) is 19.4 Å². The fourth-order valence-electron chi connectivity index (χ4n) is 10.5. The van der Waals surface area contributed by atoms with Crippen LogP contribution in [0.3, 0.4) is 0 Å². The largest absolute Gasteiger partial charge is 0.394 e. The number of benzene rings is 4. The van der Waals surface area contributed by atoms with E-state index in [0.29, 0.717) is 32.5 Å². The van der Waals surface area contributed by atoms with Gasteiger partial charge in [-0.05, 0) is 60.7 Å². The maximum absolute atomic E-state index is 12.6. The highest BCUT2D eigenvalue weighted by atomic mass is 32.2. The Morgan fingerprint density at radius 2 is 1.04 bits per heavy atom. The van der Waals surface area contributed by atoms with Crippen LogP contribution in [-0.2, 0) is 18.9 Å². The van der Waals surface area contributed by atoms with Crippen molar-refractivity contribution in [2.24, 2.45) is 0 Å². The fraction of sp³-hybridized carbons (Fsp3) is 0.393. The first-order chi connectivity index (χ1) is 36.9. The first-order valence-corrected chi connectivity index (χ1v) is 29.3. The van der Waals surface area contributed by atoms with Crippen molar-refractivity contribution in [3.63, 3.8) is 0 Å². The summed E-state index contributed by atoms with van der Waals surface area (Å²) in [6.07, 6.45) is 0. The second-order valence-corrected chi connectivity index (χ2v) is 23.8. The van der Waals surface area contributed by atoms with Crippen molar-refractivity contribution in [2.45, 2.75) is 51.2 Å². The van der Waals surface area contributed by atoms with Crippen molar-refractivity contribution in [3.05, 3.63) is 118 Å². The minimum absolute atomic E-state index is 0.0400. The molecule has 0 bridgehead atoms. The van der Waals surface area contributed by atoms with E-state index in [9.17, 15) is 14.7 Å². The summed E-state index contributed by atoms with van der Waals surface area (Å²) < 4.78 is 21.9. The lowest BCUT2D eigenvalue weighted by Crippen LogP contribution is -2.44. The van der Waals surface area contributed by atoms with E-state index in [2.05, 4.69) is 125 Å². The Balaban J connectivity index is 0.000000152. The molecular weight excluding hydrogens is 1020 g/mol. The van der Waals surface area contributed by atoms with Crippen LogP contribution in [0.4, 0.5) is 22.7 Å². The van der Waals surface area contributed by atoms with Gasteiger partial charge in [-0.1, -0.05) is 71.3 Å². The Morgan fingerprint density at radius 1 is 0.533 bits per heavy atom. The molecule has 2 aromatic heterocycles. The van der Waals surface area contributed by atoms with Crippen molar-refractivity contribution in [2.75, 3.05) is 151 Å². The Kier molecular flexibility index (Phi) is 15.9. The first-order valence-electron chi connectivity index (χ1n) is 26.0. The van der Waals surface area contributed by atoms with E-state index in [1.54, 1.807) is 47.4 Å². The molecule has 2 unspecified atom stereocenters. The van der Waals surface area contributed by atoms with E-state index >= 15 is 0 Å². The Labute approximate surface area is 454 Å². The standard InChI is InChI=1S/C28H32N4O4S2.C28H30N4O3S2/c33-18-20(17-31-6-10-35-11-7-31)29-19-4-5-24-26(14-19)37-25-3-1-2-22(28(25)38-24)23-15-21(16-27(34)30-23)32-8-12-36-13-9-32;33-27-16-20(31-8-12-35-13-9-31)14-23(29-27)22-2-1-3-25-28(22)37-24-5-4-19(15-26(24)36-25)32-18-21(32)17-30-6-10-34-11-7-30/h1-5,14-16,20,29,33H,6-13,17-18H2,(H,30,34);1-5,14-16,21H,6-13,17-18H2,(H,29,33). The smallest absolute Gasteiger partial charge is 0.250 e. The number of aromatic nitrogens is 2. The molecule has 5 fully saturated rings. The van der Waals surface area contributed by atoms with Gasteiger partial charge in [-0.2, -0.15) is 0 Å². The molecule has 4 N–H and O–H groups in total. The van der Waals surface area contributed by atoms with E-state index in [0.717, 1.165) is 143 Å². The van der Waals surface area contributed by atoms with E-state index < -0.39 is 0 Å². The molecule has 392 valence electrons. The van der Waals surface area contributed by atoms with Gasteiger partial charge in [0.15, 0.2) is 0 Å². The number of pyridine rings is 2. The molecule has 13 rings (SSSR count). The van der Waals surface area contributed by atoms with Gasteiger partial charge >= 0.3 is 0 Å². The van der Waals surface area contributed by atoms with E-state index in [4.69, 9.17) is 18.9 Å². The maximum Gasteiger partial charge on any atom is 0.250 e. The average Bonchev–Trinajstić information content (AvgIpc) is 4.23. The monoisotopic (exact) mass is 1090 g/mol. The second-order valence-electron chi connectivity index (χ2n) is 19.6. The molecule has 19 heteroatoms. The van der Waals surface area contributed by atoms with Crippen LogP contribution in [0.2, 0.25) is 0 Å². The lowest BCUT2D eigenvalue weighted by Gasteiger charge is -2.30. The third kappa shape index (κ3) is 12.0. The summed E-state index contributed by atoms with van der Waals surface area (Å²) in [5.41, 5.74) is 7.86. The SMILES string of the molecule is O=c1cc(N2CCOCC2)cc(-c2cccc3c2Sc2ccc(N4CC4CN4CCOCC4)cc2S3)[nH]1.O=c1cc(N2CCOCC2)cc(-c2cccc3c2Sc2ccc(NC(CO)CN4CCOCC4)cc2S3)[nH]1. The highest BCUT2D eigenvalue weighted by Gasteiger charge is 2.37. The Morgan fingerprint density at radius 3 is 1.59 bits per heavy atom. The molecule has 15 nitrogen and oxygen atoms in total. The molecule has 6 aromatic rings. The van der Waals surface area contributed by atoms with Gasteiger partial charge in [0.25, 0.3) is 0 Å². The summed E-state index contributed by atoms with van der Waals surface area (Å²) in [7, 11) is 0. The number of nitrogens with zero attached hydrogens (tertiary/aromatic N) is 5. The molecular formula is C56H62N8O7S4. The minimum Gasteiger partial charge on any atom is -0.394 e. The number of fused-ring (bicyclic) bond motifs is 4. The molecule has 5 saturated heterocycles. The molecule has 0 spiro atoms. The van der Waals surface area contributed by atoms with Gasteiger partial charge in [0.05, 0.1) is 82.9 Å². The van der Waals surface area contributed by atoms with Gasteiger partial charge in [0, 0.05) is 157 Å². The van der Waals surface area contributed by atoms with Gasteiger partial charge < -0.3 is 54.0 Å². The number of ether oxygens (including phenoxy) is 4. The zero-order chi connectivity index (χ0) is 50.7. The van der Waals surface area contributed by atoms with E-state index in [-0.39, 0.29) is 23.8 Å². The van der Waals surface area contributed by atoms with Crippen LogP contribution in [0.15, 0.2) is 146 Å². The van der Waals surface area contributed by atoms with Crippen LogP contribution in [0.1, 0.15) is 0 Å². The molecule has 0 radical (unpaired) electrons. The topological polar surface area (TPSA) is 151 Å². The summed E-state index contributed by atoms with van der Waals surface area (Å²) in [5, 5.41) is 13.5. The molecule has 2 atom stereocenters. The number of rotatable bonds is 12. The van der Waals surface area contributed by atoms with E-state index in [1.165, 1.54) is 40.0 Å². The van der Waals surface area contributed by atoms with Crippen molar-refractivity contribution < 1.29 is 24.1 Å². The lowest BCUT2D eigenvalue weighted by atomic mass is 10.1. The highest BCUT2D eigenvalue weighted by Crippen LogP contribution is 2.54. The highest BCUT2D eigenvalue weighted by molar-refractivity contribution is 8.05. The molecule has 75 heavy (non-hydrogen) atoms. The summed E-state index contributed by atoms with van der Waals surface area (Å²) >= 11 is 7.12. The summed E-state index contributed by atoms with van der Waals surface area (Å²) in [6.45, 7) is 16.1. The Hall–Kier alpha value is -4.90. The number of morpholine rings is 4. The third-order valence-electron chi connectivity index (χ3n) is 14.5. The number of hydrogen-bond acceptors (Lipinski definition) is 17.